The Balaban J connectivity index is 2.75. The first kappa shape index (κ1) is 20.1. The van der Waals surface area contributed by atoms with Gasteiger partial charge >= 0.3 is 17.9 Å². The molecule has 0 aromatic rings. The standard InChI is InChI=1S/C16H24O8/c1-9(2)21-15(18)13-14(16(19)22-10(3)4)24-12(23-13)7-6-8-20-11(5)17/h6-7,9-10,12-14H,8H2,1-5H3/b7-6+/t13-,14-/m1/s1. The maximum absolute atomic E-state index is 12.1. The second kappa shape index (κ2) is 9.39. The number of ether oxygens (including phenoxy) is 5. The van der Waals surface area contributed by atoms with Crippen LogP contribution in [-0.2, 0) is 38.1 Å². The minimum Gasteiger partial charge on any atom is -0.462 e. The van der Waals surface area contributed by atoms with E-state index in [1.165, 1.54) is 19.1 Å². The number of carbonyl (C=O) groups excluding carboxylic acids is 3. The highest BCUT2D eigenvalue weighted by molar-refractivity contribution is 5.86. The molecule has 0 aromatic heterocycles. The molecule has 0 N–H and O–H groups in total. The van der Waals surface area contributed by atoms with Crippen molar-refractivity contribution in [2.45, 2.75) is 65.3 Å². The predicted molar refractivity (Wildman–Crippen MR) is 81.8 cm³/mol. The van der Waals surface area contributed by atoms with E-state index in [4.69, 9.17) is 23.7 Å². The lowest BCUT2D eigenvalue weighted by molar-refractivity contribution is -0.167. The van der Waals surface area contributed by atoms with Crippen LogP contribution in [0.15, 0.2) is 12.2 Å². The smallest absolute Gasteiger partial charge is 0.339 e. The second-order valence-corrected chi connectivity index (χ2v) is 5.68. The van der Waals surface area contributed by atoms with Crippen molar-refractivity contribution in [3.8, 4) is 0 Å². The summed E-state index contributed by atoms with van der Waals surface area (Å²) in [7, 11) is 0. The third-order valence-corrected chi connectivity index (χ3v) is 2.68. The van der Waals surface area contributed by atoms with Crippen LogP contribution in [0.25, 0.3) is 0 Å². The quantitative estimate of drug-likeness (QED) is 0.385. The highest BCUT2D eigenvalue weighted by atomic mass is 16.8. The van der Waals surface area contributed by atoms with Gasteiger partial charge in [0.05, 0.1) is 12.2 Å². The van der Waals surface area contributed by atoms with Gasteiger partial charge in [0.1, 0.15) is 6.61 Å². The fraction of sp³-hybridized carbons (Fsp3) is 0.688. The number of esters is 3. The van der Waals surface area contributed by atoms with Crippen molar-refractivity contribution in [1.29, 1.82) is 0 Å². The van der Waals surface area contributed by atoms with Gasteiger partial charge in [-0.15, -0.1) is 0 Å². The highest BCUT2D eigenvalue weighted by Gasteiger charge is 2.46. The molecule has 1 aliphatic rings. The summed E-state index contributed by atoms with van der Waals surface area (Å²) in [6.45, 7) is 8.06. The summed E-state index contributed by atoms with van der Waals surface area (Å²) in [6, 6.07) is 0. The zero-order valence-corrected chi connectivity index (χ0v) is 14.5. The van der Waals surface area contributed by atoms with Crippen molar-refractivity contribution >= 4 is 17.9 Å². The van der Waals surface area contributed by atoms with Crippen molar-refractivity contribution in [3.05, 3.63) is 12.2 Å². The molecule has 24 heavy (non-hydrogen) atoms. The summed E-state index contributed by atoms with van der Waals surface area (Å²) in [4.78, 5) is 34.9. The van der Waals surface area contributed by atoms with Crippen molar-refractivity contribution < 1.29 is 38.1 Å². The SMILES string of the molecule is CC(=O)OC/C=C/C1O[C@@H](C(=O)OC(C)C)[C@H](C(=O)OC(C)C)O1. The van der Waals surface area contributed by atoms with Crippen LogP contribution in [0.5, 0.6) is 0 Å². The lowest BCUT2D eigenvalue weighted by Crippen LogP contribution is -2.40. The normalized spacial score (nSPS) is 21.5. The Morgan fingerprint density at radius 2 is 1.42 bits per heavy atom. The monoisotopic (exact) mass is 344 g/mol. The van der Waals surface area contributed by atoms with Gasteiger partial charge in [-0.1, -0.05) is 0 Å². The molecule has 0 aliphatic carbocycles. The van der Waals surface area contributed by atoms with Crippen LogP contribution in [0.1, 0.15) is 34.6 Å². The maximum atomic E-state index is 12.1. The average molecular weight is 344 g/mol. The van der Waals surface area contributed by atoms with Gasteiger partial charge in [0, 0.05) is 6.92 Å². The minimum absolute atomic E-state index is 0.0285. The van der Waals surface area contributed by atoms with Gasteiger partial charge in [-0.3, -0.25) is 4.79 Å². The molecule has 1 saturated heterocycles. The van der Waals surface area contributed by atoms with Gasteiger partial charge < -0.3 is 23.7 Å². The van der Waals surface area contributed by atoms with E-state index >= 15 is 0 Å². The van der Waals surface area contributed by atoms with Crippen molar-refractivity contribution in [2.75, 3.05) is 6.61 Å². The lowest BCUT2D eigenvalue weighted by atomic mass is 10.2. The third kappa shape index (κ3) is 6.67. The van der Waals surface area contributed by atoms with Crippen LogP contribution < -0.4 is 0 Å². The fourth-order valence-electron chi connectivity index (χ4n) is 1.84. The lowest BCUT2D eigenvalue weighted by Gasteiger charge is -2.17. The number of carbonyl (C=O) groups is 3. The summed E-state index contributed by atoms with van der Waals surface area (Å²) in [5.74, 6) is -1.83. The molecule has 0 aromatic carbocycles. The molecule has 0 spiro atoms. The number of hydrogen-bond donors (Lipinski definition) is 0. The molecule has 0 bridgehead atoms. The molecule has 1 aliphatic heterocycles. The van der Waals surface area contributed by atoms with Gasteiger partial charge in [-0.2, -0.15) is 0 Å². The van der Waals surface area contributed by atoms with E-state index in [9.17, 15) is 14.4 Å². The summed E-state index contributed by atoms with van der Waals surface area (Å²) in [5, 5.41) is 0. The molecule has 0 radical (unpaired) electrons. The summed E-state index contributed by atoms with van der Waals surface area (Å²) in [6.07, 6.45) is -1.17. The first-order valence-electron chi connectivity index (χ1n) is 7.72. The zero-order chi connectivity index (χ0) is 18.3. The summed E-state index contributed by atoms with van der Waals surface area (Å²) >= 11 is 0. The largest absolute Gasteiger partial charge is 0.462 e. The van der Waals surface area contributed by atoms with E-state index in [-0.39, 0.29) is 18.8 Å². The second-order valence-electron chi connectivity index (χ2n) is 5.68. The summed E-state index contributed by atoms with van der Waals surface area (Å²) < 4.78 is 25.7. The van der Waals surface area contributed by atoms with Crippen molar-refractivity contribution in [2.24, 2.45) is 0 Å². The van der Waals surface area contributed by atoms with Crippen LogP contribution in [0.2, 0.25) is 0 Å². The van der Waals surface area contributed by atoms with Crippen molar-refractivity contribution in [3.63, 3.8) is 0 Å². The molecule has 1 heterocycles. The third-order valence-electron chi connectivity index (χ3n) is 2.68. The Morgan fingerprint density at radius 1 is 0.958 bits per heavy atom. The first-order valence-corrected chi connectivity index (χ1v) is 7.72. The van der Waals surface area contributed by atoms with Gasteiger partial charge in [0.15, 0.2) is 18.5 Å². The Morgan fingerprint density at radius 3 is 1.79 bits per heavy atom. The minimum atomic E-state index is -1.22. The Hall–Kier alpha value is -1.93. The average Bonchev–Trinajstić information content (AvgIpc) is 2.86. The molecule has 0 unspecified atom stereocenters. The molecule has 0 amide bonds. The maximum Gasteiger partial charge on any atom is 0.339 e. The zero-order valence-electron chi connectivity index (χ0n) is 14.5. The van der Waals surface area contributed by atoms with Gasteiger partial charge in [0.2, 0.25) is 0 Å². The van der Waals surface area contributed by atoms with E-state index in [0.29, 0.717) is 0 Å². The highest BCUT2D eigenvalue weighted by Crippen LogP contribution is 2.23. The van der Waals surface area contributed by atoms with Gasteiger partial charge in [0.25, 0.3) is 0 Å². The van der Waals surface area contributed by atoms with E-state index in [0.717, 1.165) is 0 Å². The van der Waals surface area contributed by atoms with Crippen LogP contribution in [0, 0.1) is 0 Å². The Bertz CT molecular complexity index is 452. The van der Waals surface area contributed by atoms with Gasteiger partial charge in [-0.05, 0) is 39.8 Å². The Kier molecular flexibility index (Phi) is 7.87. The fourth-order valence-corrected chi connectivity index (χ4v) is 1.84. The molecular formula is C16H24O8. The molecule has 1 fully saturated rings. The van der Waals surface area contributed by atoms with Crippen LogP contribution in [-0.4, -0.2) is 55.2 Å². The molecular weight excluding hydrogens is 320 g/mol. The van der Waals surface area contributed by atoms with E-state index in [1.807, 2.05) is 0 Å². The number of hydrogen-bond acceptors (Lipinski definition) is 8. The van der Waals surface area contributed by atoms with E-state index < -0.39 is 36.4 Å². The topological polar surface area (TPSA) is 97.4 Å². The molecule has 136 valence electrons. The number of rotatable bonds is 7. The molecule has 0 saturated carbocycles. The molecule has 8 heteroatoms. The van der Waals surface area contributed by atoms with E-state index in [2.05, 4.69) is 0 Å². The van der Waals surface area contributed by atoms with Crippen LogP contribution in [0.3, 0.4) is 0 Å². The molecule has 8 nitrogen and oxygen atoms in total. The first-order chi connectivity index (χ1) is 11.2. The van der Waals surface area contributed by atoms with Crippen molar-refractivity contribution in [1.82, 2.24) is 0 Å². The van der Waals surface area contributed by atoms with E-state index in [1.54, 1.807) is 27.7 Å². The molecule has 1 rings (SSSR count). The Labute approximate surface area is 141 Å². The molecule has 2 atom stereocenters. The van der Waals surface area contributed by atoms with Crippen LogP contribution >= 0.6 is 0 Å². The summed E-state index contributed by atoms with van der Waals surface area (Å²) in [5.41, 5.74) is 0. The van der Waals surface area contributed by atoms with Gasteiger partial charge in [-0.25, -0.2) is 9.59 Å². The van der Waals surface area contributed by atoms with Crippen LogP contribution in [0.4, 0.5) is 0 Å². The predicted octanol–water partition coefficient (Wildman–Crippen LogP) is 1.12.